The van der Waals surface area contributed by atoms with E-state index in [1.54, 1.807) is 4.57 Å². The fourth-order valence-electron chi connectivity index (χ4n) is 2.83. The fourth-order valence-corrected chi connectivity index (χ4v) is 2.83. The van der Waals surface area contributed by atoms with E-state index in [9.17, 15) is 9.59 Å². The SMILES string of the molecule is CC(C)n1c(=O)[nH]c(=O)c2c1nc(N1CCNCC1)n2C. The second-order valence-electron chi connectivity index (χ2n) is 5.60. The van der Waals surface area contributed by atoms with E-state index in [0.29, 0.717) is 11.2 Å². The van der Waals surface area contributed by atoms with Crippen molar-refractivity contribution >= 4 is 17.1 Å². The molecule has 114 valence electrons. The first-order chi connectivity index (χ1) is 10.0. The smallest absolute Gasteiger partial charge is 0.330 e. The lowest BCUT2D eigenvalue weighted by Gasteiger charge is -2.28. The van der Waals surface area contributed by atoms with Crippen LogP contribution in [0.4, 0.5) is 5.95 Å². The molecule has 1 fully saturated rings. The average Bonchev–Trinajstić information content (AvgIpc) is 2.77. The molecule has 8 heteroatoms. The van der Waals surface area contributed by atoms with Gasteiger partial charge in [0.25, 0.3) is 5.56 Å². The van der Waals surface area contributed by atoms with Gasteiger partial charge in [0.2, 0.25) is 5.95 Å². The summed E-state index contributed by atoms with van der Waals surface area (Å²) in [5.74, 6) is 0.733. The Bertz CT molecular complexity index is 778. The number of fused-ring (bicyclic) bond motifs is 1. The van der Waals surface area contributed by atoms with Gasteiger partial charge in [-0.2, -0.15) is 4.98 Å². The van der Waals surface area contributed by atoms with Crippen LogP contribution in [0.2, 0.25) is 0 Å². The van der Waals surface area contributed by atoms with Gasteiger partial charge in [0.15, 0.2) is 11.2 Å². The first-order valence-corrected chi connectivity index (χ1v) is 7.17. The maximum absolute atomic E-state index is 12.1. The Hall–Kier alpha value is -2.09. The largest absolute Gasteiger partial charge is 0.340 e. The molecule has 0 aromatic carbocycles. The van der Waals surface area contributed by atoms with Crippen molar-refractivity contribution in [3.05, 3.63) is 20.8 Å². The van der Waals surface area contributed by atoms with Gasteiger partial charge in [-0.3, -0.25) is 14.3 Å². The Morgan fingerprint density at radius 3 is 2.48 bits per heavy atom. The van der Waals surface area contributed by atoms with E-state index >= 15 is 0 Å². The Morgan fingerprint density at radius 2 is 1.86 bits per heavy atom. The molecular weight excluding hydrogens is 272 g/mol. The number of aromatic amines is 1. The van der Waals surface area contributed by atoms with E-state index in [2.05, 4.69) is 20.2 Å². The molecule has 0 unspecified atom stereocenters. The molecule has 0 atom stereocenters. The minimum absolute atomic E-state index is 0.0670. The van der Waals surface area contributed by atoms with Crippen molar-refractivity contribution in [2.75, 3.05) is 31.1 Å². The highest BCUT2D eigenvalue weighted by Crippen LogP contribution is 2.19. The molecule has 0 aliphatic carbocycles. The molecule has 21 heavy (non-hydrogen) atoms. The van der Waals surface area contributed by atoms with E-state index in [1.807, 2.05) is 20.9 Å². The normalized spacial score (nSPS) is 16.1. The highest BCUT2D eigenvalue weighted by atomic mass is 16.2. The Labute approximate surface area is 121 Å². The third-order valence-corrected chi connectivity index (χ3v) is 3.85. The van der Waals surface area contributed by atoms with Crippen molar-refractivity contribution in [3.63, 3.8) is 0 Å². The third kappa shape index (κ3) is 2.15. The number of hydrogen-bond donors (Lipinski definition) is 2. The van der Waals surface area contributed by atoms with Gasteiger partial charge >= 0.3 is 5.69 Å². The molecule has 2 aromatic rings. The summed E-state index contributed by atoms with van der Waals surface area (Å²) in [6.07, 6.45) is 0. The maximum atomic E-state index is 12.1. The van der Waals surface area contributed by atoms with Crippen LogP contribution in [0.15, 0.2) is 9.59 Å². The summed E-state index contributed by atoms with van der Waals surface area (Å²) in [5.41, 5.74) is 0.0994. The molecule has 2 aromatic heterocycles. The standard InChI is InChI=1S/C13H20N6O2/c1-8(2)19-10-9(11(20)16-13(19)21)17(3)12(15-10)18-6-4-14-5-7-18/h8,14H,4-7H2,1-3H3,(H,16,20,21). The number of H-pyrrole nitrogens is 1. The van der Waals surface area contributed by atoms with Crippen molar-refractivity contribution in [1.29, 1.82) is 0 Å². The quantitative estimate of drug-likeness (QED) is 0.773. The first kappa shape index (κ1) is 13.9. The molecule has 0 bridgehead atoms. The zero-order valence-electron chi connectivity index (χ0n) is 12.5. The van der Waals surface area contributed by atoms with Gasteiger partial charge in [0.05, 0.1) is 0 Å². The van der Waals surface area contributed by atoms with Crippen LogP contribution < -0.4 is 21.5 Å². The molecule has 2 N–H and O–H groups in total. The minimum atomic E-state index is -0.410. The number of rotatable bonds is 2. The molecule has 1 saturated heterocycles. The first-order valence-electron chi connectivity index (χ1n) is 7.17. The van der Waals surface area contributed by atoms with Crippen LogP contribution in [-0.4, -0.2) is 45.3 Å². The van der Waals surface area contributed by atoms with Gasteiger partial charge < -0.3 is 14.8 Å². The summed E-state index contributed by atoms with van der Waals surface area (Å²) in [7, 11) is 1.82. The minimum Gasteiger partial charge on any atom is -0.340 e. The number of imidazole rings is 1. The number of aryl methyl sites for hydroxylation is 1. The van der Waals surface area contributed by atoms with Gasteiger partial charge in [0, 0.05) is 39.3 Å². The van der Waals surface area contributed by atoms with Crippen LogP contribution in [-0.2, 0) is 7.05 Å². The van der Waals surface area contributed by atoms with Crippen molar-refractivity contribution in [3.8, 4) is 0 Å². The number of nitrogens with zero attached hydrogens (tertiary/aromatic N) is 4. The summed E-state index contributed by atoms with van der Waals surface area (Å²) in [6, 6.07) is -0.0670. The molecular formula is C13H20N6O2. The number of aromatic nitrogens is 4. The Morgan fingerprint density at radius 1 is 1.19 bits per heavy atom. The Kier molecular flexibility index (Phi) is 3.32. The second-order valence-corrected chi connectivity index (χ2v) is 5.60. The zero-order valence-corrected chi connectivity index (χ0v) is 12.5. The van der Waals surface area contributed by atoms with E-state index in [0.717, 1.165) is 32.1 Å². The highest BCUT2D eigenvalue weighted by molar-refractivity contribution is 5.74. The molecule has 8 nitrogen and oxygen atoms in total. The topological polar surface area (TPSA) is 87.9 Å². The highest BCUT2D eigenvalue weighted by Gasteiger charge is 2.22. The summed E-state index contributed by atoms with van der Waals surface area (Å²) in [4.78, 5) is 33.3. The average molecular weight is 292 g/mol. The Balaban J connectivity index is 2.28. The third-order valence-electron chi connectivity index (χ3n) is 3.85. The molecule has 3 rings (SSSR count). The number of nitrogens with one attached hydrogen (secondary N) is 2. The predicted molar refractivity (Wildman–Crippen MR) is 81.1 cm³/mol. The van der Waals surface area contributed by atoms with Gasteiger partial charge in [0.1, 0.15) is 0 Å². The van der Waals surface area contributed by atoms with E-state index in [1.165, 1.54) is 4.57 Å². The summed E-state index contributed by atoms with van der Waals surface area (Å²) in [6.45, 7) is 7.24. The molecule has 0 saturated carbocycles. The monoisotopic (exact) mass is 292 g/mol. The fraction of sp³-hybridized carbons (Fsp3) is 0.615. The lowest BCUT2D eigenvalue weighted by molar-refractivity contribution is 0.572. The molecule has 1 aliphatic heterocycles. The lowest BCUT2D eigenvalue weighted by Crippen LogP contribution is -2.44. The van der Waals surface area contributed by atoms with Gasteiger partial charge in [-0.05, 0) is 13.8 Å². The lowest BCUT2D eigenvalue weighted by atomic mass is 10.4. The second kappa shape index (κ2) is 5.03. The van der Waals surface area contributed by atoms with Crippen LogP contribution in [0, 0.1) is 0 Å². The predicted octanol–water partition coefficient (Wildman–Crippen LogP) is -0.586. The molecule has 0 radical (unpaired) electrons. The zero-order chi connectivity index (χ0) is 15.1. The summed E-state index contributed by atoms with van der Waals surface area (Å²) in [5, 5.41) is 3.29. The van der Waals surface area contributed by atoms with Crippen LogP contribution >= 0.6 is 0 Å². The van der Waals surface area contributed by atoms with Crippen LogP contribution in [0.25, 0.3) is 11.2 Å². The molecule has 0 spiro atoms. The van der Waals surface area contributed by atoms with Crippen LogP contribution in [0.3, 0.4) is 0 Å². The number of hydrogen-bond acceptors (Lipinski definition) is 5. The van der Waals surface area contributed by atoms with E-state index < -0.39 is 5.69 Å². The van der Waals surface area contributed by atoms with Crippen LogP contribution in [0.5, 0.6) is 0 Å². The van der Waals surface area contributed by atoms with Crippen molar-refractivity contribution in [2.24, 2.45) is 7.05 Å². The van der Waals surface area contributed by atoms with Gasteiger partial charge in [-0.25, -0.2) is 4.79 Å². The van der Waals surface area contributed by atoms with Gasteiger partial charge in [-0.1, -0.05) is 0 Å². The molecule has 0 amide bonds. The van der Waals surface area contributed by atoms with E-state index in [4.69, 9.17) is 0 Å². The van der Waals surface area contributed by atoms with Crippen LogP contribution in [0.1, 0.15) is 19.9 Å². The van der Waals surface area contributed by atoms with Crippen molar-refractivity contribution in [2.45, 2.75) is 19.9 Å². The molecule has 1 aliphatic rings. The summed E-state index contributed by atoms with van der Waals surface area (Å²) >= 11 is 0. The van der Waals surface area contributed by atoms with E-state index in [-0.39, 0.29) is 11.6 Å². The number of anilines is 1. The summed E-state index contributed by atoms with van der Waals surface area (Å²) < 4.78 is 3.31. The molecule has 3 heterocycles. The van der Waals surface area contributed by atoms with Crippen molar-refractivity contribution in [1.82, 2.24) is 24.4 Å². The number of piperazine rings is 1. The van der Waals surface area contributed by atoms with Crippen molar-refractivity contribution < 1.29 is 0 Å². The van der Waals surface area contributed by atoms with Gasteiger partial charge in [-0.15, -0.1) is 0 Å². The maximum Gasteiger partial charge on any atom is 0.330 e.